The summed E-state index contributed by atoms with van der Waals surface area (Å²) >= 11 is 0. The molecule has 1 aliphatic carbocycles. The molecule has 2 aliphatic rings. The van der Waals surface area contributed by atoms with Gasteiger partial charge < -0.3 is 4.90 Å². The Bertz CT molecular complexity index is 269. The van der Waals surface area contributed by atoms with Crippen molar-refractivity contribution in [2.75, 3.05) is 6.54 Å². The molecule has 0 aromatic rings. The molecule has 1 aliphatic heterocycles. The monoisotopic (exact) mass is 196 g/mol. The Morgan fingerprint density at radius 1 is 1.29 bits per heavy atom. The molecule has 2 rings (SSSR count). The molecule has 0 aromatic heterocycles. The van der Waals surface area contributed by atoms with Gasteiger partial charge in [0.05, 0.1) is 0 Å². The van der Waals surface area contributed by atoms with Crippen LogP contribution in [0.4, 0.5) is 4.79 Å². The number of carbonyl (C=O) groups is 2. The predicted octanol–water partition coefficient (Wildman–Crippen LogP) is 1.26. The van der Waals surface area contributed by atoms with Gasteiger partial charge >= 0.3 is 6.03 Å². The lowest BCUT2D eigenvalue weighted by atomic mass is 9.97. The molecule has 1 saturated heterocycles. The van der Waals surface area contributed by atoms with Crippen molar-refractivity contribution in [3.8, 4) is 0 Å². The van der Waals surface area contributed by atoms with Crippen LogP contribution in [0.15, 0.2) is 0 Å². The van der Waals surface area contributed by atoms with Gasteiger partial charge in [-0.25, -0.2) is 4.79 Å². The van der Waals surface area contributed by atoms with Crippen LogP contribution in [-0.4, -0.2) is 28.9 Å². The van der Waals surface area contributed by atoms with E-state index in [1.165, 1.54) is 12.8 Å². The quantitative estimate of drug-likeness (QED) is 0.686. The Morgan fingerprint density at radius 2 is 1.93 bits per heavy atom. The Labute approximate surface area is 83.6 Å². The standard InChI is InChI=1S/C10H16N2O2/c1-10(5-2-3-6-10)12-7-4-8(13)11-9(12)14/h2-7H2,1H3,(H,11,13,14). The van der Waals surface area contributed by atoms with Crippen LogP contribution in [0.25, 0.3) is 0 Å². The van der Waals surface area contributed by atoms with E-state index in [4.69, 9.17) is 0 Å². The van der Waals surface area contributed by atoms with Crippen LogP contribution in [0.3, 0.4) is 0 Å². The molecule has 0 bridgehead atoms. The molecule has 1 saturated carbocycles. The van der Waals surface area contributed by atoms with Crippen LogP contribution in [0, 0.1) is 0 Å². The van der Waals surface area contributed by atoms with Crippen LogP contribution < -0.4 is 5.32 Å². The van der Waals surface area contributed by atoms with Gasteiger partial charge in [-0.15, -0.1) is 0 Å². The zero-order valence-electron chi connectivity index (χ0n) is 8.51. The van der Waals surface area contributed by atoms with Crippen molar-refractivity contribution in [3.05, 3.63) is 0 Å². The maximum atomic E-state index is 11.6. The number of amides is 3. The molecule has 0 unspecified atom stereocenters. The SMILES string of the molecule is CC1(N2CCC(=O)NC2=O)CCCC1. The van der Waals surface area contributed by atoms with Crippen molar-refractivity contribution in [1.29, 1.82) is 0 Å². The van der Waals surface area contributed by atoms with Crippen molar-refractivity contribution >= 4 is 11.9 Å². The molecular weight excluding hydrogens is 180 g/mol. The molecule has 1 N–H and O–H groups in total. The second-order valence-electron chi connectivity index (χ2n) is 4.46. The first kappa shape index (κ1) is 9.49. The summed E-state index contributed by atoms with van der Waals surface area (Å²) < 4.78 is 0. The van der Waals surface area contributed by atoms with Crippen LogP contribution in [0.2, 0.25) is 0 Å². The Kier molecular flexibility index (Phi) is 2.21. The summed E-state index contributed by atoms with van der Waals surface area (Å²) in [6.45, 7) is 2.70. The number of urea groups is 1. The van der Waals surface area contributed by atoms with Gasteiger partial charge in [0.25, 0.3) is 0 Å². The largest absolute Gasteiger partial charge is 0.324 e. The number of hydrogen-bond donors (Lipinski definition) is 1. The summed E-state index contributed by atoms with van der Waals surface area (Å²) in [6, 6.07) is -0.203. The molecule has 2 fully saturated rings. The van der Waals surface area contributed by atoms with Gasteiger partial charge in [-0.1, -0.05) is 12.8 Å². The van der Waals surface area contributed by atoms with Gasteiger partial charge in [0, 0.05) is 18.5 Å². The van der Waals surface area contributed by atoms with E-state index in [0.717, 1.165) is 12.8 Å². The smallest absolute Gasteiger partial charge is 0.319 e. The van der Waals surface area contributed by atoms with E-state index in [2.05, 4.69) is 12.2 Å². The predicted molar refractivity (Wildman–Crippen MR) is 51.7 cm³/mol. The topological polar surface area (TPSA) is 49.4 Å². The Morgan fingerprint density at radius 3 is 2.50 bits per heavy atom. The van der Waals surface area contributed by atoms with Gasteiger partial charge in [-0.05, 0) is 19.8 Å². The molecule has 3 amide bonds. The minimum atomic E-state index is -0.203. The van der Waals surface area contributed by atoms with Crippen LogP contribution in [0.1, 0.15) is 39.0 Å². The van der Waals surface area contributed by atoms with E-state index >= 15 is 0 Å². The Hall–Kier alpha value is -1.06. The van der Waals surface area contributed by atoms with Gasteiger partial charge in [0.15, 0.2) is 0 Å². The normalized spacial score (nSPS) is 26.5. The number of nitrogens with one attached hydrogen (secondary N) is 1. The van der Waals surface area contributed by atoms with Crippen LogP contribution in [-0.2, 0) is 4.79 Å². The first-order valence-electron chi connectivity index (χ1n) is 5.23. The number of rotatable bonds is 1. The highest BCUT2D eigenvalue weighted by atomic mass is 16.2. The summed E-state index contributed by atoms with van der Waals surface area (Å²) in [6.07, 6.45) is 4.95. The summed E-state index contributed by atoms with van der Waals surface area (Å²) in [4.78, 5) is 24.4. The molecule has 4 heteroatoms. The van der Waals surface area contributed by atoms with E-state index in [-0.39, 0.29) is 17.5 Å². The van der Waals surface area contributed by atoms with Crippen LogP contribution in [0.5, 0.6) is 0 Å². The summed E-state index contributed by atoms with van der Waals surface area (Å²) in [5.41, 5.74) is -0.00914. The fourth-order valence-electron chi connectivity index (χ4n) is 2.49. The lowest BCUT2D eigenvalue weighted by molar-refractivity contribution is -0.122. The molecule has 0 aromatic carbocycles. The fraction of sp³-hybridized carbons (Fsp3) is 0.800. The third-order valence-corrected chi connectivity index (χ3v) is 3.39. The van der Waals surface area contributed by atoms with E-state index < -0.39 is 0 Å². The second-order valence-corrected chi connectivity index (χ2v) is 4.46. The summed E-state index contributed by atoms with van der Waals surface area (Å²) in [5, 5.41) is 2.38. The molecule has 1 heterocycles. The molecular formula is C10H16N2O2. The van der Waals surface area contributed by atoms with Gasteiger partial charge in [0.2, 0.25) is 5.91 Å². The van der Waals surface area contributed by atoms with Gasteiger partial charge in [-0.2, -0.15) is 0 Å². The number of hydrogen-bond acceptors (Lipinski definition) is 2. The first-order chi connectivity index (χ1) is 6.62. The molecule has 78 valence electrons. The van der Waals surface area contributed by atoms with Gasteiger partial charge in [-0.3, -0.25) is 10.1 Å². The first-order valence-corrected chi connectivity index (χ1v) is 5.23. The highest BCUT2D eigenvalue weighted by Crippen LogP contribution is 2.35. The second kappa shape index (κ2) is 3.26. The average Bonchev–Trinajstić information content (AvgIpc) is 2.52. The lowest BCUT2D eigenvalue weighted by Crippen LogP contribution is -2.57. The minimum Gasteiger partial charge on any atom is -0.319 e. The highest BCUT2D eigenvalue weighted by molar-refractivity contribution is 5.96. The summed E-state index contributed by atoms with van der Waals surface area (Å²) in [5.74, 6) is -0.146. The van der Waals surface area contributed by atoms with Crippen molar-refractivity contribution in [3.63, 3.8) is 0 Å². The fourth-order valence-corrected chi connectivity index (χ4v) is 2.49. The zero-order valence-corrected chi connectivity index (χ0v) is 8.51. The van der Waals surface area contributed by atoms with Gasteiger partial charge in [0.1, 0.15) is 0 Å². The van der Waals surface area contributed by atoms with Crippen LogP contribution >= 0.6 is 0 Å². The molecule has 4 nitrogen and oxygen atoms in total. The lowest BCUT2D eigenvalue weighted by Gasteiger charge is -2.40. The molecule has 0 spiro atoms. The highest BCUT2D eigenvalue weighted by Gasteiger charge is 2.40. The number of imide groups is 1. The third-order valence-electron chi connectivity index (χ3n) is 3.39. The summed E-state index contributed by atoms with van der Waals surface area (Å²) in [7, 11) is 0. The maximum Gasteiger partial charge on any atom is 0.324 e. The third kappa shape index (κ3) is 1.49. The van der Waals surface area contributed by atoms with E-state index in [9.17, 15) is 9.59 Å². The zero-order chi connectivity index (χ0) is 10.2. The Balaban J connectivity index is 2.10. The van der Waals surface area contributed by atoms with E-state index in [1.807, 2.05) is 4.90 Å². The van der Waals surface area contributed by atoms with E-state index in [1.54, 1.807) is 0 Å². The molecule has 0 radical (unpaired) electrons. The number of nitrogens with zero attached hydrogens (tertiary/aromatic N) is 1. The van der Waals surface area contributed by atoms with Crippen molar-refractivity contribution in [1.82, 2.24) is 10.2 Å². The molecule has 14 heavy (non-hydrogen) atoms. The number of carbonyl (C=O) groups excluding carboxylic acids is 2. The average molecular weight is 196 g/mol. The van der Waals surface area contributed by atoms with E-state index in [0.29, 0.717) is 13.0 Å². The minimum absolute atomic E-state index is 0.00914. The van der Waals surface area contributed by atoms with Crippen molar-refractivity contribution in [2.24, 2.45) is 0 Å². The van der Waals surface area contributed by atoms with Crippen molar-refractivity contribution < 1.29 is 9.59 Å². The maximum absolute atomic E-state index is 11.6. The molecule has 0 atom stereocenters. The van der Waals surface area contributed by atoms with Crippen molar-refractivity contribution in [2.45, 2.75) is 44.6 Å².